The van der Waals surface area contributed by atoms with E-state index >= 15 is 0 Å². The molecule has 0 bridgehead atoms. The van der Waals surface area contributed by atoms with Crippen LogP contribution in [0, 0.1) is 13.8 Å². The molecule has 1 atom stereocenters. The predicted octanol–water partition coefficient (Wildman–Crippen LogP) is 3.22. The van der Waals surface area contributed by atoms with Gasteiger partial charge in [-0.1, -0.05) is 12.1 Å². The second-order valence-electron chi connectivity index (χ2n) is 5.11. The highest BCUT2D eigenvalue weighted by Crippen LogP contribution is 2.21. The summed E-state index contributed by atoms with van der Waals surface area (Å²) in [6, 6.07) is 9.77. The fourth-order valence-corrected chi connectivity index (χ4v) is 2.19. The lowest BCUT2D eigenvalue weighted by molar-refractivity contribution is -0.114. The largest absolute Gasteiger partial charge is 0.363 e. The zero-order valence-corrected chi connectivity index (χ0v) is 12.8. The zero-order valence-electron chi connectivity index (χ0n) is 12.8. The van der Waals surface area contributed by atoms with Crippen molar-refractivity contribution in [2.24, 2.45) is 0 Å². The Kier molecular flexibility index (Phi) is 4.52. The van der Waals surface area contributed by atoms with Gasteiger partial charge in [-0.25, -0.2) is 9.97 Å². The van der Waals surface area contributed by atoms with Crippen molar-refractivity contribution < 1.29 is 4.79 Å². The normalized spacial score (nSPS) is 11.8. The van der Waals surface area contributed by atoms with E-state index in [1.54, 1.807) is 0 Å². The summed E-state index contributed by atoms with van der Waals surface area (Å²) in [5, 5.41) is 6.15. The van der Waals surface area contributed by atoms with Crippen LogP contribution >= 0.6 is 0 Å². The van der Waals surface area contributed by atoms with E-state index in [9.17, 15) is 4.79 Å². The van der Waals surface area contributed by atoms with Crippen LogP contribution in [0.4, 0.5) is 11.5 Å². The molecular weight excluding hydrogens is 264 g/mol. The van der Waals surface area contributed by atoms with Gasteiger partial charge in [-0.05, 0) is 38.5 Å². The topological polar surface area (TPSA) is 66.9 Å². The molecule has 1 aromatic heterocycles. The Bertz CT molecular complexity index is 634. The number of carbonyl (C=O) groups excluding carboxylic acids is 1. The molecule has 1 unspecified atom stereocenters. The number of anilines is 2. The molecule has 0 saturated carbocycles. The Morgan fingerprint density at radius 1 is 1.19 bits per heavy atom. The van der Waals surface area contributed by atoms with E-state index in [0.717, 1.165) is 28.6 Å². The number of amides is 1. The van der Waals surface area contributed by atoms with E-state index < -0.39 is 0 Å². The zero-order chi connectivity index (χ0) is 15.4. The highest BCUT2D eigenvalue weighted by atomic mass is 16.1. The molecule has 0 aliphatic rings. The molecule has 1 heterocycles. The van der Waals surface area contributed by atoms with Crippen molar-refractivity contribution in [1.82, 2.24) is 9.97 Å². The van der Waals surface area contributed by atoms with E-state index in [0.29, 0.717) is 0 Å². The Morgan fingerprint density at radius 2 is 1.95 bits per heavy atom. The smallest absolute Gasteiger partial charge is 0.221 e. The van der Waals surface area contributed by atoms with Crippen LogP contribution in [0.3, 0.4) is 0 Å². The predicted molar refractivity (Wildman–Crippen MR) is 84.3 cm³/mol. The summed E-state index contributed by atoms with van der Waals surface area (Å²) in [4.78, 5) is 19.8. The molecule has 0 saturated heterocycles. The van der Waals surface area contributed by atoms with Gasteiger partial charge in [-0.15, -0.1) is 0 Å². The van der Waals surface area contributed by atoms with Crippen LogP contribution in [0.1, 0.15) is 37.0 Å². The van der Waals surface area contributed by atoms with Crippen molar-refractivity contribution in [3.63, 3.8) is 0 Å². The maximum Gasteiger partial charge on any atom is 0.221 e. The average Bonchev–Trinajstić information content (AvgIpc) is 2.36. The van der Waals surface area contributed by atoms with E-state index in [1.807, 2.05) is 44.2 Å². The molecule has 0 radical (unpaired) electrons. The summed E-state index contributed by atoms with van der Waals surface area (Å²) in [5.74, 6) is 1.48. The number of rotatable bonds is 4. The summed E-state index contributed by atoms with van der Waals surface area (Å²) in [5.41, 5.74) is 2.81. The molecule has 2 aromatic rings. The van der Waals surface area contributed by atoms with Crippen molar-refractivity contribution >= 4 is 17.4 Å². The monoisotopic (exact) mass is 284 g/mol. The first-order valence-corrected chi connectivity index (χ1v) is 6.90. The van der Waals surface area contributed by atoms with Crippen LogP contribution in [0.2, 0.25) is 0 Å². The second-order valence-corrected chi connectivity index (χ2v) is 5.11. The van der Waals surface area contributed by atoms with Gasteiger partial charge in [-0.3, -0.25) is 4.79 Å². The molecule has 0 fully saturated rings. The molecule has 21 heavy (non-hydrogen) atoms. The second kappa shape index (κ2) is 6.35. The van der Waals surface area contributed by atoms with Gasteiger partial charge in [0.25, 0.3) is 0 Å². The van der Waals surface area contributed by atoms with Gasteiger partial charge in [-0.2, -0.15) is 0 Å². The molecule has 0 aliphatic carbocycles. The van der Waals surface area contributed by atoms with Gasteiger partial charge < -0.3 is 10.6 Å². The minimum absolute atomic E-state index is 0.0742. The maximum atomic E-state index is 11.1. The van der Waals surface area contributed by atoms with Gasteiger partial charge in [0.15, 0.2) is 0 Å². The standard InChI is InChI=1S/C16H20N4O/c1-10-8-16(19-12(3)17-10)18-11(2)14-6-5-7-15(9-14)20-13(4)21/h5-9,11H,1-4H3,(H,20,21)(H,17,18,19). The third-order valence-electron chi connectivity index (χ3n) is 3.04. The number of benzene rings is 1. The van der Waals surface area contributed by atoms with Crippen LogP contribution in [-0.2, 0) is 4.79 Å². The minimum Gasteiger partial charge on any atom is -0.363 e. The Balaban J connectivity index is 2.16. The first-order chi connectivity index (χ1) is 9.94. The highest BCUT2D eigenvalue weighted by Gasteiger charge is 2.08. The first kappa shape index (κ1) is 15.0. The van der Waals surface area contributed by atoms with Crippen LogP contribution in [-0.4, -0.2) is 15.9 Å². The summed E-state index contributed by atoms with van der Waals surface area (Å²) in [6.45, 7) is 7.38. The van der Waals surface area contributed by atoms with Crippen molar-refractivity contribution in [1.29, 1.82) is 0 Å². The average molecular weight is 284 g/mol. The number of hydrogen-bond acceptors (Lipinski definition) is 4. The lowest BCUT2D eigenvalue weighted by atomic mass is 10.1. The van der Waals surface area contributed by atoms with Crippen molar-refractivity contribution in [3.8, 4) is 0 Å². The number of hydrogen-bond donors (Lipinski definition) is 2. The Hall–Kier alpha value is -2.43. The van der Waals surface area contributed by atoms with Crippen molar-refractivity contribution in [3.05, 3.63) is 47.4 Å². The minimum atomic E-state index is -0.0742. The molecule has 1 amide bonds. The fourth-order valence-electron chi connectivity index (χ4n) is 2.19. The molecule has 5 nitrogen and oxygen atoms in total. The van der Waals surface area contributed by atoms with Gasteiger partial charge in [0.2, 0.25) is 5.91 Å². The number of aromatic nitrogens is 2. The number of carbonyl (C=O) groups is 1. The summed E-state index contributed by atoms with van der Waals surface area (Å²) in [7, 11) is 0. The van der Waals surface area contributed by atoms with E-state index in [1.165, 1.54) is 6.92 Å². The fraction of sp³-hybridized carbons (Fsp3) is 0.312. The summed E-state index contributed by atoms with van der Waals surface area (Å²) in [6.07, 6.45) is 0. The van der Waals surface area contributed by atoms with Gasteiger partial charge >= 0.3 is 0 Å². The third-order valence-corrected chi connectivity index (χ3v) is 3.04. The van der Waals surface area contributed by atoms with E-state index in [4.69, 9.17) is 0 Å². The molecule has 0 spiro atoms. The third kappa shape index (κ3) is 4.27. The van der Waals surface area contributed by atoms with Crippen LogP contribution in [0.15, 0.2) is 30.3 Å². The van der Waals surface area contributed by atoms with Crippen LogP contribution in [0.5, 0.6) is 0 Å². The van der Waals surface area contributed by atoms with Crippen molar-refractivity contribution in [2.45, 2.75) is 33.7 Å². The number of nitrogens with one attached hydrogen (secondary N) is 2. The molecule has 0 aliphatic heterocycles. The van der Waals surface area contributed by atoms with E-state index in [-0.39, 0.29) is 11.9 Å². The number of nitrogens with zero attached hydrogens (tertiary/aromatic N) is 2. The van der Waals surface area contributed by atoms with Gasteiger partial charge in [0.05, 0.1) is 6.04 Å². The van der Waals surface area contributed by atoms with Gasteiger partial charge in [0.1, 0.15) is 11.6 Å². The maximum absolute atomic E-state index is 11.1. The van der Waals surface area contributed by atoms with E-state index in [2.05, 4.69) is 27.5 Å². The molecule has 2 N–H and O–H groups in total. The lowest BCUT2D eigenvalue weighted by Gasteiger charge is -2.16. The molecule has 5 heteroatoms. The first-order valence-electron chi connectivity index (χ1n) is 6.90. The van der Waals surface area contributed by atoms with Crippen molar-refractivity contribution in [2.75, 3.05) is 10.6 Å². The number of aryl methyl sites for hydroxylation is 2. The van der Waals surface area contributed by atoms with Gasteiger partial charge in [0, 0.05) is 24.4 Å². The molecule has 110 valence electrons. The Labute approximate surface area is 124 Å². The quantitative estimate of drug-likeness (QED) is 0.904. The Morgan fingerprint density at radius 3 is 2.62 bits per heavy atom. The molecular formula is C16H20N4O. The highest BCUT2D eigenvalue weighted by molar-refractivity contribution is 5.88. The van der Waals surface area contributed by atoms with Crippen LogP contribution in [0.25, 0.3) is 0 Å². The SMILES string of the molecule is CC(=O)Nc1cccc(C(C)Nc2cc(C)nc(C)n2)c1. The van der Waals surface area contributed by atoms with Crippen LogP contribution < -0.4 is 10.6 Å². The molecule has 1 aromatic carbocycles. The lowest BCUT2D eigenvalue weighted by Crippen LogP contribution is -2.11. The summed E-state index contributed by atoms with van der Waals surface area (Å²) < 4.78 is 0. The molecule has 2 rings (SSSR count). The summed E-state index contributed by atoms with van der Waals surface area (Å²) >= 11 is 0.